The van der Waals surface area contributed by atoms with Crippen molar-refractivity contribution < 1.29 is 19.5 Å². The van der Waals surface area contributed by atoms with Gasteiger partial charge in [-0.15, -0.1) is 0 Å². The van der Waals surface area contributed by atoms with Gasteiger partial charge in [-0.1, -0.05) is 12.8 Å². The average molecular weight is 388 g/mol. The van der Waals surface area contributed by atoms with Gasteiger partial charge in [0.15, 0.2) is 11.4 Å². The van der Waals surface area contributed by atoms with Gasteiger partial charge in [0.05, 0.1) is 5.69 Å². The highest BCUT2D eigenvalue weighted by atomic mass is 16.4. The molecule has 0 radical (unpaired) electrons. The van der Waals surface area contributed by atoms with E-state index in [0.717, 1.165) is 25.7 Å². The Morgan fingerprint density at radius 2 is 2.00 bits per heavy atom. The molecule has 1 saturated carbocycles. The number of rotatable bonds is 7. The van der Waals surface area contributed by atoms with Gasteiger partial charge >= 0.3 is 5.97 Å². The summed E-state index contributed by atoms with van der Waals surface area (Å²) >= 11 is 0. The number of aryl methyl sites for hydroxylation is 1. The Labute approximate surface area is 161 Å². The van der Waals surface area contributed by atoms with Gasteiger partial charge in [0.25, 0.3) is 5.91 Å². The lowest BCUT2D eigenvalue weighted by Crippen LogP contribution is -2.34. The largest absolute Gasteiger partial charge is 0.476 e. The number of carbonyl (C=O) groups is 3. The lowest BCUT2D eigenvalue weighted by Gasteiger charge is -2.14. The van der Waals surface area contributed by atoms with Gasteiger partial charge in [0.2, 0.25) is 5.91 Å². The Morgan fingerprint density at radius 1 is 1.29 bits per heavy atom. The maximum absolute atomic E-state index is 12.6. The molecule has 3 N–H and O–H groups in total. The molecule has 2 aromatic heterocycles. The number of carboxylic acids is 1. The second-order valence-electron chi connectivity index (χ2n) is 6.85. The minimum Gasteiger partial charge on any atom is -0.476 e. The monoisotopic (exact) mass is 388 g/mol. The predicted octanol–water partition coefficient (Wildman–Crippen LogP) is 1.67. The Kier molecular flexibility index (Phi) is 5.76. The van der Waals surface area contributed by atoms with Gasteiger partial charge in [0, 0.05) is 25.0 Å². The van der Waals surface area contributed by atoms with Crippen molar-refractivity contribution in [2.45, 2.75) is 58.2 Å². The lowest BCUT2D eigenvalue weighted by molar-refractivity contribution is -0.119. The van der Waals surface area contributed by atoms with Crippen LogP contribution in [0.5, 0.6) is 0 Å². The van der Waals surface area contributed by atoms with Crippen LogP contribution in [0.15, 0.2) is 18.5 Å². The molecule has 1 aliphatic carbocycles. The third-order valence-electron chi connectivity index (χ3n) is 4.85. The molecule has 2 aromatic rings. The van der Waals surface area contributed by atoms with Crippen LogP contribution in [0.3, 0.4) is 0 Å². The molecular formula is C18H24N6O4. The maximum Gasteiger partial charge on any atom is 0.356 e. The number of amides is 2. The fourth-order valence-electron chi connectivity index (χ4n) is 3.19. The number of aromatic carboxylic acids is 1. The predicted molar refractivity (Wildman–Crippen MR) is 100 cm³/mol. The summed E-state index contributed by atoms with van der Waals surface area (Å²) in [6.45, 7) is 4.03. The standard InChI is InChI=1S/C18H24N6O4/c1-3-23-10-14(15(22-23)17(26)19-12-6-4-5-7-12)20-16(25)11(2)24-9-8-13(21-24)18(27)28/h8-12H,3-7H2,1-2H3,(H,19,26)(H,20,25)(H,27,28). The fourth-order valence-corrected chi connectivity index (χ4v) is 3.19. The first-order chi connectivity index (χ1) is 13.4. The molecule has 1 atom stereocenters. The zero-order chi connectivity index (χ0) is 20.3. The smallest absolute Gasteiger partial charge is 0.356 e. The third-order valence-corrected chi connectivity index (χ3v) is 4.85. The Morgan fingerprint density at radius 3 is 2.61 bits per heavy atom. The first-order valence-corrected chi connectivity index (χ1v) is 9.36. The van der Waals surface area contributed by atoms with Crippen molar-refractivity contribution in [2.75, 3.05) is 5.32 Å². The summed E-state index contributed by atoms with van der Waals surface area (Å²) in [6, 6.07) is 0.700. The molecule has 150 valence electrons. The number of nitrogens with zero attached hydrogens (tertiary/aromatic N) is 4. The molecule has 1 aliphatic rings. The Hall–Kier alpha value is -3.17. The molecule has 0 spiro atoms. The normalized spacial score (nSPS) is 15.4. The van der Waals surface area contributed by atoms with Crippen LogP contribution >= 0.6 is 0 Å². The van der Waals surface area contributed by atoms with E-state index in [1.165, 1.54) is 16.9 Å². The molecule has 10 heteroatoms. The number of carbonyl (C=O) groups excluding carboxylic acids is 2. The van der Waals surface area contributed by atoms with Gasteiger partial charge in [-0.05, 0) is 32.8 Å². The Bertz CT molecular complexity index is 881. The van der Waals surface area contributed by atoms with Gasteiger partial charge in [-0.2, -0.15) is 10.2 Å². The summed E-state index contributed by atoms with van der Waals surface area (Å²) in [5.41, 5.74) is 0.343. The van der Waals surface area contributed by atoms with E-state index in [1.807, 2.05) is 6.92 Å². The summed E-state index contributed by atoms with van der Waals surface area (Å²) < 4.78 is 2.85. The first-order valence-electron chi connectivity index (χ1n) is 9.36. The van der Waals surface area contributed by atoms with Gasteiger partial charge in [0.1, 0.15) is 6.04 Å². The molecule has 2 heterocycles. The summed E-state index contributed by atoms with van der Waals surface area (Å²) in [4.78, 5) is 36.2. The highest BCUT2D eigenvalue weighted by Gasteiger charge is 2.25. The topological polar surface area (TPSA) is 131 Å². The molecule has 0 aliphatic heterocycles. The molecule has 28 heavy (non-hydrogen) atoms. The molecular weight excluding hydrogens is 364 g/mol. The third kappa shape index (κ3) is 4.21. The van der Waals surface area contributed by atoms with E-state index >= 15 is 0 Å². The van der Waals surface area contributed by atoms with Gasteiger partial charge in [-0.3, -0.25) is 19.0 Å². The van der Waals surface area contributed by atoms with Crippen molar-refractivity contribution in [2.24, 2.45) is 0 Å². The van der Waals surface area contributed by atoms with E-state index in [9.17, 15) is 14.4 Å². The number of nitrogens with one attached hydrogen (secondary N) is 2. The molecule has 0 aromatic carbocycles. The zero-order valence-electron chi connectivity index (χ0n) is 15.9. The minimum atomic E-state index is -1.17. The van der Waals surface area contributed by atoms with Crippen LogP contribution in [0.2, 0.25) is 0 Å². The van der Waals surface area contributed by atoms with Crippen LogP contribution in [0.4, 0.5) is 5.69 Å². The quantitative estimate of drug-likeness (QED) is 0.661. The summed E-state index contributed by atoms with van der Waals surface area (Å²) in [5, 5.41) is 22.8. The van der Waals surface area contributed by atoms with Gasteiger partial charge in [-0.25, -0.2) is 4.79 Å². The summed E-state index contributed by atoms with van der Waals surface area (Å²) in [5.74, 6) is -1.90. The molecule has 0 saturated heterocycles. The summed E-state index contributed by atoms with van der Waals surface area (Å²) in [6.07, 6.45) is 7.13. The van der Waals surface area contributed by atoms with Crippen LogP contribution in [0.25, 0.3) is 0 Å². The minimum absolute atomic E-state index is 0.139. The average Bonchev–Trinajstić information content (AvgIpc) is 3.41. The molecule has 1 unspecified atom stereocenters. The van der Waals surface area contributed by atoms with Crippen LogP contribution in [0.1, 0.15) is 66.5 Å². The summed E-state index contributed by atoms with van der Waals surface area (Å²) in [7, 11) is 0. The van der Waals surface area contributed by atoms with Crippen LogP contribution in [-0.4, -0.2) is 48.5 Å². The van der Waals surface area contributed by atoms with Crippen LogP contribution < -0.4 is 10.6 Å². The van der Waals surface area contributed by atoms with E-state index in [-0.39, 0.29) is 23.3 Å². The van der Waals surface area contributed by atoms with E-state index in [1.54, 1.807) is 17.8 Å². The van der Waals surface area contributed by atoms with Crippen molar-refractivity contribution in [1.29, 1.82) is 0 Å². The van der Waals surface area contributed by atoms with Crippen molar-refractivity contribution in [3.8, 4) is 0 Å². The van der Waals surface area contributed by atoms with E-state index in [4.69, 9.17) is 5.11 Å². The molecule has 1 fully saturated rings. The lowest BCUT2D eigenvalue weighted by atomic mass is 10.2. The highest BCUT2D eigenvalue weighted by Crippen LogP contribution is 2.20. The van der Waals surface area contributed by atoms with E-state index in [0.29, 0.717) is 12.2 Å². The first kappa shape index (κ1) is 19.6. The Balaban J connectivity index is 1.74. The maximum atomic E-state index is 12.6. The molecule has 2 amide bonds. The van der Waals surface area contributed by atoms with E-state index in [2.05, 4.69) is 20.8 Å². The SMILES string of the molecule is CCn1cc(NC(=O)C(C)n2ccc(C(=O)O)n2)c(C(=O)NC2CCCC2)n1. The van der Waals surface area contributed by atoms with Crippen molar-refractivity contribution >= 4 is 23.5 Å². The molecule has 10 nitrogen and oxygen atoms in total. The second kappa shape index (κ2) is 8.24. The number of hydrogen-bond donors (Lipinski definition) is 3. The van der Waals surface area contributed by atoms with Gasteiger partial charge < -0.3 is 15.7 Å². The molecule has 0 bridgehead atoms. The van der Waals surface area contributed by atoms with E-state index < -0.39 is 17.9 Å². The zero-order valence-corrected chi connectivity index (χ0v) is 15.9. The number of anilines is 1. The second-order valence-corrected chi connectivity index (χ2v) is 6.85. The van der Waals surface area contributed by atoms with Crippen LogP contribution in [0, 0.1) is 0 Å². The van der Waals surface area contributed by atoms with Crippen molar-refractivity contribution in [3.05, 3.63) is 29.8 Å². The number of aromatic nitrogens is 4. The van der Waals surface area contributed by atoms with Crippen molar-refractivity contribution in [3.63, 3.8) is 0 Å². The fraction of sp³-hybridized carbons (Fsp3) is 0.500. The molecule has 3 rings (SSSR count). The highest BCUT2D eigenvalue weighted by molar-refractivity contribution is 6.03. The van der Waals surface area contributed by atoms with Crippen LogP contribution in [-0.2, 0) is 11.3 Å². The number of hydrogen-bond acceptors (Lipinski definition) is 5. The number of carboxylic acid groups (broad SMARTS) is 1. The van der Waals surface area contributed by atoms with Crippen molar-refractivity contribution in [1.82, 2.24) is 24.9 Å².